The van der Waals surface area contributed by atoms with Crippen molar-refractivity contribution in [2.24, 2.45) is 5.41 Å². The van der Waals surface area contributed by atoms with Crippen LogP contribution in [0, 0.1) is 5.41 Å². The zero-order chi connectivity index (χ0) is 22.7. The molecular formula is C26H28N8. The SMILES string of the molecule is Nc1cc(-c2cn(Cc3ccc4cc(CN5CCC6(CCC6)C5)[nH]c4c3)nn2)c2cn[nH]c2c1. The first kappa shape index (κ1) is 19.8. The standard InChI is InChI=1S/C26H28N8/c27-19-10-21(22-12-28-30-24(22)11-19)25-15-34(32-31-25)13-17-2-3-18-9-20(29-23(18)8-17)14-33-7-6-26(16-33)4-1-5-26/h2-3,8-12,15,29H,1,4-7,13-14,16,27H2,(H,28,30). The van der Waals surface area contributed by atoms with E-state index in [9.17, 15) is 0 Å². The van der Waals surface area contributed by atoms with Crippen molar-refractivity contribution in [3.05, 3.63) is 60.0 Å². The van der Waals surface area contributed by atoms with E-state index in [0.717, 1.165) is 28.7 Å². The van der Waals surface area contributed by atoms with Crippen molar-refractivity contribution in [3.8, 4) is 11.3 Å². The summed E-state index contributed by atoms with van der Waals surface area (Å²) < 4.78 is 1.87. The highest BCUT2D eigenvalue weighted by Crippen LogP contribution is 2.48. The Bertz CT molecular complexity index is 1500. The molecule has 1 saturated carbocycles. The molecule has 4 N–H and O–H groups in total. The first-order valence-electron chi connectivity index (χ1n) is 12.1. The van der Waals surface area contributed by atoms with E-state index < -0.39 is 0 Å². The van der Waals surface area contributed by atoms with Crippen LogP contribution in [0.15, 0.2) is 48.8 Å². The van der Waals surface area contributed by atoms with E-state index >= 15 is 0 Å². The topological polar surface area (TPSA) is 104 Å². The molecule has 5 aromatic rings. The lowest BCUT2D eigenvalue weighted by molar-refractivity contribution is 0.137. The predicted molar refractivity (Wildman–Crippen MR) is 133 cm³/mol. The molecule has 2 aliphatic rings. The maximum absolute atomic E-state index is 6.07. The second kappa shape index (κ2) is 7.43. The van der Waals surface area contributed by atoms with E-state index in [1.165, 1.54) is 60.9 Å². The van der Waals surface area contributed by atoms with Gasteiger partial charge in [0.2, 0.25) is 0 Å². The second-order valence-electron chi connectivity index (χ2n) is 10.2. The van der Waals surface area contributed by atoms with Crippen LogP contribution in [-0.4, -0.2) is 48.2 Å². The predicted octanol–water partition coefficient (Wildman–Crippen LogP) is 4.31. The van der Waals surface area contributed by atoms with Crippen LogP contribution in [0.5, 0.6) is 0 Å². The molecule has 8 heteroatoms. The van der Waals surface area contributed by atoms with Crippen LogP contribution in [0.25, 0.3) is 33.1 Å². The average molecular weight is 453 g/mol. The number of fused-ring (bicyclic) bond motifs is 2. The van der Waals surface area contributed by atoms with Gasteiger partial charge in [-0.1, -0.05) is 23.8 Å². The molecule has 0 unspecified atom stereocenters. The Kier molecular flexibility index (Phi) is 4.32. The van der Waals surface area contributed by atoms with Crippen molar-refractivity contribution in [2.75, 3.05) is 18.8 Å². The van der Waals surface area contributed by atoms with E-state index in [-0.39, 0.29) is 0 Å². The van der Waals surface area contributed by atoms with E-state index in [0.29, 0.717) is 17.6 Å². The number of benzene rings is 2. The van der Waals surface area contributed by atoms with Crippen LogP contribution in [0.4, 0.5) is 5.69 Å². The maximum Gasteiger partial charge on any atom is 0.113 e. The van der Waals surface area contributed by atoms with Gasteiger partial charge in [0.1, 0.15) is 5.69 Å². The first-order valence-corrected chi connectivity index (χ1v) is 12.1. The van der Waals surface area contributed by atoms with E-state index in [2.05, 4.69) is 54.7 Å². The summed E-state index contributed by atoms with van der Waals surface area (Å²) in [6.45, 7) is 4.16. The van der Waals surface area contributed by atoms with Gasteiger partial charge in [-0.15, -0.1) is 5.10 Å². The Morgan fingerprint density at radius 1 is 1.03 bits per heavy atom. The van der Waals surface area contributed by atoms with Gasteiger partial charge in [-0.05, 0) is 66.4 Å². The Balaban J connectivity index is 1.09. The smallest absolute Gasteiger partial charge is 0.113 e. The Morgan fingerprint density at radius 3 is 2.82 bits per heavy atom. The van der Waals surface area contributed by atoms with Crippen molar-refractivity contribution >= 4 is 27.5 Å². The van der Waals surface area contributed by atoms with Gasteiger partial charge in [0.15, 0.2) is 0 Å². The minimum absolute atomic E-state index is 0.644. The Labute approximate surface area is 197 Å². The number of nitrogen functional groups attached to an aromatic ring is 1. The number of aromatic amines is 2. The fraction of sp³-hybridized carbons (Fsp3) is 0.346. The Morgan fingerprint density at radius 2 is 1.97 bits per heavy atom. The summed E-state index contributed by atoms with van der Waals surface area (Å²) in [4.78, 5) is 6.28. The van der Waals surface area contributed by atoms with E-state index in [1.54, 1.807) is 6.20 Å². The summed E-state index contributed by atoms with van der Waals surface area (Å²) in [6, 6.07) is 12.7. The molecule has 8 nitrogen and oxygen atoms in total. The lowest BCUT2D eigenvalue weighted by Gasteiger charge is -2.38. The number of hydrogen-bond acceptors (Lipinski definition) is 5. The van der Waals surface area contributed by atoms with Gasteiger partial charge in [-0.2, -0.15) is 5.10 Å². The lowest BCUT2D eigenvalue weighted by atomic mass is 9.68. The normalized spacial score (nSPS) is 17.8. The number of rotatable bonds is 5. The molecule has 7 rings (SSSR count). The quantitative estimate of drug-likeness (QED) is 0.345. The fourth-order valence-electron chi connectivity index (χ4n) is 5.88. The number of anilines is 1. The monoisotopic (exact) mass is 452 g/mol. The van der Waals surface area contributed by atoms with Crippen LogP contribution in [-0.2, 0) is 13.1 Å². The number of likely N-dealkylation sites (tertiary alicyclic amines) is 1. The van der Waals surface area contributed by atoms with Gasteiger partial charge < -0.3 is 10.7 Å². The number of nitrogens with two attached hydrogens (primary N) is 1. The summed E-state index contributed by atoms with van der Waals surface area (Å²) in [5, 5.41) is 18.1. The molecule has 1 spiro atoms. The number of nitrogens with one attached hydrogen (secondary N) is 2. The van der Waals surface area contributed by atoms with Crippen molar-refractivity contribution in [2.45, 2.75) is 38.8 Å². The summed E-state index contributed by atoms with van der Waals surface area (Å²) in [6.07, 6.45) is 9.41. The minimum atomic E-state index is 0.644. The maximum atomic E-state index is 6.07. The van der Waals surface area contributed by atoms with E-state index in [1.807, 2.05) is 23.0 Å². The third-order valence-corrected chi connectivity index (χ3v) is 7.81. The molecule has 0 radical (unpaired) electrons. The third-order valence-electron chi connectivity index (χ3n) is 7.81. The lowest BCUT2D eigenvalue weighted by Crippen LogP contribution is -2.32. The molecular weight excluding hydrogens is 424 g/mol. The highest BCUT2D eigenvalue weighted by atomic mass is 15.4. The van der Waals surface area contributed by atoms with Crippen LogP contribution in [0.2, 0.25) is 0 Å². The molecule has 1 aliphatic carbocycles. The molecule has 0 amide bonds. The Hall–Kier alpha value is -3.65. The van der Waals surface area contributed by atoms with E-state index in [4.69, 9.17) is 5.73 Å². The summed E-state index contributed by atoms with van der Waals surface area (Å²) >= 11 is 0. The van der Waals surface area contributed by atoms with Crippen LogP contribution in [0.3, 0.4) is 0 Å². The molecule has 172 valence electrons. The summed E-state index contributed by atoms with van der Waals surface area (Å²) in [5.41, 5.74) is 13.7. The molecule has 1 aliphatic heterocycles. The minimum Gasteiger partial charge on any atom is -0.399 e. The number of H-pyrrole nitrogens is 2. The average Bonchev–Trinajstić information content (AvgIpc) is 3.58. The number of aromatic nitrogens is 6. The van der Waals surface area contributed by atoms with Crippen molar-refractivity contribution in [1.82, 2.24) is 35.1 Å². The van der Waals surface area contributed by atoms with Crippen molar-refractivity contribution < 1.29 is 0 Å². The fourth-order valence-corrected chi connectivity index (χ4v) is 5.88. The third kappa shape index (κ3) is 3.37. The molecule has 1 saturated heterocycles. The number of nitrogens with zero attached hydrogens (tertiary/aromatic N) is 5. The molecule has 34 heavy (non-hydrogen) atoms. The largest absolute Gasteiger partial charge is 0.399 e. The zero-order valence-electron chi connectivity index (χ0n) is 19.1. The van der Waals surface area contributed by atoms with Gasteiger partial charge in [0, 0.05) is 40.9 Å². The zero-order valence-corrected chi connectivity index (χ0v) is 19.1. The second-order valence-corrected chi connectivity index (χ2v) is 10.2. The first-order chi connectivity index (χ1) is 16.6. The van der Waals surface area contributed by atoms with Gasteiger partial charge in [0.25, 0.3) is 0 Å². The number of hydrogen-bond donors (Lipinski definition) is 3. The molecule has 0 atom stereocenters. The van der Waals surface area contributed by atoms with Gasteiger partial charge in [-0.25, -0.2) is 4.68 Å². The highest BCUT2D eigenvalue weighted by Gasteiger charge is 2.42. The molecule has 4 heterocycles. The summed E-state index contributed by atoms with van der Waals surface area (Å²) in [5.74, 6) is 0. The van der Waals surface area contributed by atoms with Crippen LogP contribution < -0.4 is 5.73 Å². The van der Waals surface area contributed by atoms with Crippen molar-refractivity contribution in [1.29, 1.82) is 0 Å². The molecule has 2 fully saturated rings. The van der Waals surface area contributed by atoms with Crippen LogP contribution >= 0.6 is 0 Å². The van der Waals surface area contributed by atoms with Gasteiger partial charge >= 0.3 is 0 Å². The van der Waals surface area contributed by atoms with Gasteiger partial charge in [0.05, 0.1) is 24.5 Å². The van der Waals surface area contributed by atoms with Gasteiger partial charge in [-0.3, -0.25) is 10.00 Å². The molecule has 2 aromatic carbocycles. The van der Waals surface area contributed by atoms with Crippen molar-refractivity contribution in [3.63, 3.8) is 0 Å². The highest BCUT2D eigenvalue weighted by molar-refractivity contribution is 5.95. The molecule has 3 aromatic heterocycles. The van der Waals surface area contributed by atoms with Crippen LogP contribution in [0.1, 0.15) is 36.9 Å². The summed E-state index contributed by atoms with van der Waals surface area (Å²) in [7, 11) is 0. The molecule has 0 bridgehead atoms.